The molecule has 0 saturated carbocycles. The maximum absolute atomic E-state index is 6.12. The van der Waals surface area contributed by atoms with E-state index in [9.17, 15) is 0 Å². The average Bonchev–Trinajstić information content (AvgIpc) is 2.17. The molecule has 84 valence electrons. The van der Waals surface area contributed by atoms with Crippen molar-refractivity contribution in [2.45, 2.75) is 25.3 Å². The fourth-order valence-corrected chi connectivity index (χ4v) is 2.51. The first kappa shape index (κ1) is 12.9. The minimum absolute atomic E-state index is 0.682. The molecule has 0 aliphatic heterocycles. The molecule has 1 rings (SSSR count). The SMILES string of the molecule is CSc1c(Cl)cccc1CNCC(C)C. The number of hydrogen-bond donors (Lipinski definition) is 1. The average molecular weight is 244 g/mol. The molecular formula is C12H18ClNS. The summed E-state index contributed by atoms with van der Waals surface area (Å²) in [5.74, 6) is 0.682. The Morgan fingerprint density at radius 3 is 2.73 bits per heavy atom. The Morgan fingerprint density at radius 2 is 2.13 bits per heavy atom. The van der Waals surface area contributed by atoms with E-state index in [1.54, 1.807) is 11.8 Å². The van der Waals surface area contributed by atoms with Crippen LogP contribution in [0.3, 0.4) is 0 Å². The van der Waals surface area contributed by atoms with Crippen molar-refractivity contribution in [2.24, 2.45) is 5.92 Å². The van der Waals surface area contributed by atoms with E-state index < -0.39 is 0 Å². The second kappa shape index (κ2) is 6.41. The highest BCUT2D eigenvalue weighted by molar-refractivity contribution is 7.98. The van der Waals surface area contributed by atoms with E-state index in [2.05, 4.69) is 31.5 Å². The summed E-state index contributed by atoms with van der Waals surface area (Å²) in [6.45, 7) is 6.36. The van der Waals surface area contributed by atoms with Crippen molar-refractivity contribution >= 4 is 23.4 Å². The molecule has 1 nitrogen and oxygen atoms in total. The molecule has 1 N–H and O–H groups in total. The van der Waals surface area contributed by atoms with Crippen molar-refractivity contribution in [1.82, 2.24) is 5.32 Å². The molecule has 0 aliphatic carbocycles. The molecule has 0 aliphatic rings. The van der Waals surface area contributed by atoms with Crippen LogP contribution < -0.4 is 5.32 Å². The fraction of sp³-hybridized carbons (Fsp3) is 0.500. The number of halogens is 1. The zero-order valence-corrected chi connectivity index (χ0v) is 11.1. The van der Waals surface area contributed by atoms with E-state index >= 15 is 0 Å². The Morgan fingerprint density at radius 1 is 1.40 bits per heavy atom. The van der Waals surface area contributed by atoms with Crippen molar-refractivity contribution in [1.29, 1.82) is 0 Å². The molecule has 0 spiro atoms. The minimum Gasteiger partial charge on any atom is -0.312 e. The van der Waals surface area contributed by atoms with Crippen LogP contribution in [0.25, 0.3) is 0 Å². The van der Waals surface area contributed by atoms with Crippen LogP contribution in [0.4, 0.5) is 0 Å². The van der Waals surface area contributed by atoms with Gasteiger partial charge in [0.05, 0.1) is 5.02 Å². The van der Waals surface area contributed by atoms with Crippen LogP contribution in [0.5, 0.6) is 0 Å². The molecule has 0 atom stereocenters. The second-order valence-electron chi connectivity index (χ2n) is 3.96. The number of hydrogen-bond acceptors (Lipinski definition) is 2. The Balaban J connectivity index is 2.64. The van der Waals surface area contributed by atoms with Crippen LogP contribution in [-0.2, 0) is 6.54 Å². The van der Waals surface area contributed by atoms with E-state index in [-0.39, 0.29) is 0 Å². The van der Waals surface area contributed by atoms with Gasteiger partial charge in [0.25, 0.3) is 0 Å². The van der Waals surface area contributed by atoms with Crippen molar-refractivity contribution < 1.29 is 0 Å². The zero-order chi connectivity index (χ0) is 11.3. The first-order chi connectivity index (χ1) is 7.15. The van der Waals surface area contributed by atoms with E-state index in [4.69, 9.17) is 11.6 Å². The molecule has 0 fully saturated rings. The standard InChI is InChI=1S/C12H18ClNS/c1-9(2)7-14-8-10-5-4-6-11(13)12(10)15-3/h4-6,9,14H,7-8H2,1-3H3. The van der Waals surface area contributed by atoms with Crippen LogP contribution >= 0.6 is 23.4 Å². The lowest BCUT2D eigenvalue weighted by Crippen LogP contribution is -2.19. The highest BCUT2D eigenvalue weighted by Crippen LogP contribution is 2.28. The first-order valence-electron chi connectivity index (χ1n) is 5.17. The smallest absolute Gasteiger partial charge is 0.0545 e. The lowest BCUT2D eigenvalue weighted by Gasteiger charge is -2.11. The van der Waals surface area contributed by atoms with Gasteiger partial charge in [0.1, 0.15) is 0 Å². The van der Waals surface area contributed by atoms with Gasteiger partial charge < -0.3 is 5.32 Å². The summed E-state index contributed by atoms with van der Waals surface area (Å²) in [6.07, 6.45) is 2.06. The van der Waals surface area contributed by atoms with Crippen LogP contribution in [0.15, 0.2) is 23.1 Å². The number of benzene rings is 1. The molecule has 0 radical (unpaired) electrons. The maximum atomic E-state index is 6.12. The molecule has 0 saturated heterocycles. The molecule has 0 heterocycles. The van der Waals surface area contributed by atoms with E-state index in [0.29, 0.717) is 5.92 Å². The molecule has 0 unspecified atom stereocenters. The lowest BCUT2D eigenvalue weighted by molar-refractivity contribution is 0.550. The van der Waals surface area contributed by atoms with Gasteiger partial charge in [-0.15, -0.1) is 11.8 Å². The van der Waals surface area contributed by atoms with Gasteiger partial charge in [0.2, 0.25) is 0 Å². The van der Waals surface area contributed by atoms with Gasteiger partial charge in [0, 0.05) is 11.4 Å². The highest BCUT2D eigenvalue weighted by Gasteiger charge is 2.05. The van der Waals surface area contributed by atoms with Crippen LogP contribution in [0, 0.1) is 5.92 Å². The number of thioether (sulfide) groups is 1. The normalized spacial score (nSPS) is 11.0. The Kier molecular flexibility index (Phi) is 5.51. The molecule has 0 amide bonds. The number of nitrogens with one attached hydrogen (secondary N) is 1. The number of rotatable bonds is 5. The summed E-state index contributed by atoms with van der Waals surface area (Å²) in [4.78, 5) is 1.19. The van der Waals surface area contributed by atoms with E-state index in [1.807, 2.05) is 12.1 Å². The van der Waals surface area contributed by atoms with Gasteiger partial charge in [-0.3, -0.25) is 0 Å². The Hall–Kier alpha value is -0.180. The predicted octanol–water partition coefficient (Wildman–Crippen LogP) is 3.81. The van der Waals surface area contributed by atoms with Gasteiger partial charge in [-0.2, -0.15) is 0 Å². The van der Waals surface area contributed by atoms with Crippen molar-refractivity contribution in [3.05, 3.63) is 28.8 Å². The van der Waals surface area contributed by atoms with Gasteiger partial charge >= 0.3 is 0 Å². The van der Waals surface area contributed by atoms with E-state index in [1.165, 1.54) is 10.5 Å². The van der Waals surface area contributed by atoms with Gasteiger partial charge in [0.15, 0.2) is 0 Å². The van der Waals surface area contributed by atoms with Gasteiger partial charge in [-0.05, 0) is 30.3 Å². The molecule has 15 heavy (non-hydrogen) atoms. The first-order valence-corrected chi connectivity index (χ1v) is 6.77. The summed E-state index contributed by atoms with van der Waals surface area (Å²) in [5, 5.41) is 4.28. The second-order valence-corrected chi connectivity index (χ2v) is 5.18. The Bertz CT molecular complexity index is 312. The Labute approximate surface area is 102 Å². The minimum atomic E-state index is 0.682. The molecule has 1 aromatic rings. The predicted molar refractivity (Wildman–Crippen MR) is 69.8 cm³/mol. The molecule has 0 bridgehead atoms. The molecule has 1 aromatic carbocycles. The van der Waals surface area contributed by atoms with Crippen LogP contribution in [0.1, 0.15) is 19.4 Å². The molecule has 0 aromatic heterocycles. The summed E-state index contributed by atoms with van der Waals surface area (Å²) >= 11 is 7.83. The largest absolute Gasteiger partial charge is 0.312 e. The van der Waals surface area contributed by atoms with Crippen LogP contribution in [-0.4, -0.2) is 12.8 Å². The monoisotopic (exact) mass is 243 g/mol. The van der Waals surface area contributed by atoms with Crippen molar-refractivity contribution in [3.63, 3.8) is 0 Å². The van der Waals surface area contributed by atoms with Crippen LogP contribution in [0.2, 0.25) is 5.02 Å². The lowest BCUT2D eigenvalue weighted by atomic mass is 10.2. The highest BCUT2D eigenvalue weighted by atomic mass is 35.5. The summed E-state index contributed by atoms with van der Waals surface area (Å²) in [6, 6.07) is 6.08. The van der Waals surface area contributed by atoms with Crippen molar-refractivity contribution in [2.75, 3.05) is 12.8 Å². The quantitative estimate of drug-likeness (QED) is 0.790. The fourth-order valence-electron chi connectivity index (χ4n) is 1.42. The summed E-state index contributed by atoms with van der Waals surface area (Å²) < 4.78 is 0. The molecular weight excluding hydrogens is 226 g/mol. The van der Waals surface area contributed by atoms with Gasteiger partial charge in [-0.1, -0.05) is 37.6 Å². The molecule has 3 heteroatoms. The third-order valence-electron chi connectivity index (χ3n) is 2.12. The third-order valence-corrected chi connectivity index (χ3v) is 3.44. The summed E-state index contributed by atoms with van der Waals surface area (Å²) in [7, 11) is 0. The van der Waals surface area contributed by atoms with Gasteiger partial charge in [-0.25, -0.2) is 0 Å². The van der Waals surface area contributed by atoms with E-state index in [0.717, 1.165) is 18.1 Å². The summed E-state index contributed by atoms with van der Waals surface area (Å²) in [5.41, 5.74) is 1.29. The topological polar surface area (TPSA) is 12.0 Å². The maximum Gasteiger partial charge on any atom is 0.0545 e. The van der Waals surface area contributed by atoms with Crippen molar-refractivity contribution in [3.8, 4) is 0 Å². The zero-order valence-electron chi connectivity index (χ0n) is 9.51. The third kappa shape index (κ3) is 4.06.